The summed E-state index contributed by atoms with van der Waals surface area (Å²) in [5.74, 6) is -1.82. The summed E-state index contributed by atoms with van der Waals surface area (Å²) in [6.07, 6.45) is 1.56. The number of hydrogen-bond acceptors (Lipinski definition) is 6. The summed E-state index contributed by atoms with van der Waals surface area (Å²) in [4.78, 5) is 35.1. The van der Waals surface area contributed by atoms with E-state index in [0.717, 1.165) is 0 Å². The average molecular weight is 338 g/mol. The van der Waals surface area contributed by atoms with Gasteiger partial charge in [-0.2, -0.15) is 5.26 Å². The summed E-state index contributed by atoms with van der Waals surface area (Å²) in [5.41, 5.74) is 7.37. The monoisotopic (exact) mass is 338 g/mol. The summed E-state index contributed by atoms with van der Waals surface area (Å²) in [6.45, 7) is 0. The third-order valence-corrected chi connectivity index (χ3v) is 4.09. The molecule has 0 bridgehead atoms. The van der Waals surface area contributed by atoms with E-state index in [1.54, 1.807) is 24.3 Å². The lowest BCUT2D eigenvalue weighted by Gasteiger charge is -2.11. The van der Waals surface area contributed by atoms with Gasteiger partial charge in [0.2, 0.25) is 11.8 Å². The number of nitriles is 1. The van der Waals surface area contributed by atoms with Gasteiger partial charge in [0, 0.05) is 18.3 Å². The number of anilines is 1. The molecule has 8 heteroatoms. The minimum absolute atomic E-state index is 0.0409. The number of nitrogens with one attached hydrogen (secondary N) is 1. The maximum atomic E-state index is 12.0. The van der Waals surface area contributed by atoms with E-state index in [9.17, 15) is 14.4 Å². The standard InChI is InChI=1S/C17H14N4O4/c1-25-17(24)15-14(19)10(7-18)8-21(15)11-4-2-9(3-5-11)12-6-13(22)20-16(12)23/h2-5,8,12H,6,19H2,1H3,(H,20,22,23). The van der Waals surface area contributed by atoms with Crippen molar-refractivity contribution in [3.8, 4) is 11.8 Å². The number of nitrogens with zero attached hydrogens (tertiary/aromatic N) is 2. The third-order valence-electron chi connectivity index (χ3n) is 4.09. The summed E-state index contributed by atoms with van der Waals surface area (Å²) in [5, 5.41) is 11.4. The topological polar surface area (TPSA) is 127 Å². The zero-order valence-corrected chi connectivity index (χ0v) is 13.3. The highest BCUT2D eigenvalue weighted by Gasteiger charge is 2.31. The van der Waals surface area contributed by atoms with E-state index < -0.39 is 11.9 Å². The Morgan fingerprint density at radius 1 is 1.36 bits per heavy atom. The van der Waals surface area contributed by atoms with Crippen LogP contribution >= 0.6 is 0 Å². The van der Waals surface area contributed by atoms with Gasteiger partial charge in [0.15, 0.2) is 5.69 Å². The van der Waals surface area contributed by atoms with E-state index in [1.165, 1.54) is 17.9 Å². The molecule has 3 N–H and O–H groups in total. The van der Waals surface area contributed by atoms with Gasteiger partial charge in [0.25, 0.3) is 0 Å². The molecule has 2 aromatic rings. The Labute approximate surface area is 142 Å². The Balaban J connectivity index is 2.01. The number of hydrogen-bond donors (Lipinski definition) is 2. The molecule has 1 fully saturated rings. The number of methoxy groups -OCH3 is 1. The maximum absolute atomic E-state index is 12.0. The average Bonchev–Trinajstić information content (AvgIpc) is 3.13. The van der Waals surface area contributed by atoms with Gasteiger partial charge in [0.1, 0.15) is 6.07 Å². The molecule has 1 atom stereocenters. The number of amides is 2. The Morgan fingerprint density at radius 2 is 2.04 bits per heavy atom. The lowest BCUT2D eigenvalue weighted by Crippen LogP contribution is -2.21. The third kappa shape index (κ3) is 2.72. The van der Waals surface area contributed by atoms with Crippen molar-refractivity contribution in [1.82, 2.24) is 9.88 Å². The lowest BCUT2D eigenvalue weighted by molar-refractivity contribution is -0.125. The van der Waals surface area contributed by atoms with Crippen LogP contribution in [0.5, 0.6) is 0 Å². The molecule has 126 valence electrons. The van der Waals surface area contributed by atoms with Crippen LogP contribution < -0.4 is 11.1 Å². The van der Waals surface area contributed by atoms with E-state index >= 15 is 0 Å². The summed E-state index contributed by atoms with van der Waals surface area (Å²) in [7, 11) is 1.23. The number of nitrogen functional groups attached to an aromatic ring is 1. The second-order valence-electron chi connectivity index (χ2n) is 5.54. The van der Waals surface area contributed by atoms with Gasteiger partial charge in [-0.3, -0.25) is 14.9 Å². The van der Waals surface area contributed by atoms with E-state index in [4.69, 9.17) is 15.7 Å². The van der Waals surface area contributed by atoms with Crippen molar-refractivity contribution in [2.75, 3.05) is 12.8 Å². The zero-order chi connectivity index (χ0) is 18.1. The van der Waals surface area contributed by atoms with Gasteiger partial charge >= 0.3 is 5.97 Å². The summed E-state index contributed by atoms with van der Waals surface area (Å²) >= 11 is 0. The Hall–Kier alpha value is -3.60. The molecule has 25 heavy (non-hydrogen) atoms. The maximum Gasteiger partial charge on any atom is 0.357 e. The molecule has 8 nitrogen and oxygen atoms in total. The second kappa shape index (κ2) is 6.13. The fourth-order valence-electron chi connectivity index (χ4n) is 2.81. The molecular formula is C17H14N4O4. The van der Waals surface area contributed by atoms with Crippen LogP contribution in [0.25, 0.3) is 5.69 Å². The minimum Gasteiger partial charge on any atom is -0.464 e. The number of esters is 1. The van der Waals surface area contributed by atoms with Gasteiger partial charge < -0.3 is 15.0 Å². The lowest BCUT2D eigenvalue weighted by atomic mass is 9.97. The van der Waals surface area contributed by atoms with Crippen LogP contribution in [0.2, 0.25) is 0 Å². The number of carbonyl (C=O) groups excluding carboxylic acids is 3. The first-order chi connectivity index (χ1) is 12.0. The molecule has 1 aromatic heterocycles. The fourth-order valence-corrected chi connectivity index (χ4v) is 2.81. The summed E-state index contributed by atoms with van der Waals surface area (Å²) < 4.78 is 6.19. The van der Waals surface area contributed by atoms with Crippen LogP contribution in [-0.2, 0) is 14.3 Å². The Bertz CT molecular complexity index is 921. The molecule has 0 aliphatic carbocycles. The molecule has 1 saturated heterocycles. The SMILES string of the molecule is COC(=O)c1c(N)c(C#N)cn1-c1ccc(C2CC(=O)NC2=O)cc1. The van der Waals surface area contributed by atoms with E-state index in [1.807, 2.05) is 6.07 Å². The first-order valence-corrected chi connectivity index (χ1v) is 7.39. The predicted octanol–water partition coefficient (Wildman–Crippen LogP) is 0.848. The number of benzene rings is 1. The normalized spacial score (nSPS) is 16.4. The van der Waals surface area contributed by atoms with Crippen molar-refractivity contribution >= 4 is 23.5 Å². The number of rotatable bonds is 3. The molecule has 2 amide bonds. The summed E-state index contributed by atoms with van der Waals surface area (Å²) in [6, 6.07) is 8.68. The van der Waals surface area contributed by atoms with Crippen molar-refractivity contribution in [1.29, 1.82) is 5.26 Å². The van der Waals surface area contributed by atoms with E-state index in [-0.39, 0.29) is 35.2 Å². The van der Waals surface area contributed by atoms with Gasteiger partial charge in [-0.15, -0.1) is 0 Å². The van der Waals surface area contributed by atoms with Crippen LogP contribution in [0.1, 0.15) is 34.0 Å². The van der Waals surface area contributed by atoms with Crippen LogP contribution in [-0.4, -0.2) is 29.5 Å². The highest BCUT2D eigenvalue weighted by atomic mass is 16.5. The van der Waals surface area contributed by atoms with Crippen LogP contribution in [0.3, 0.4) is 0 Å². The predicted molar refractivity (Wildman–Crippen MR) is 86.7 cm³/mol. The number of aromatic nitrogens is 1. The van der Waals surface area contributed by atoms with Crippen molar-refractivity contribution in [2.24, 2.45) is 0 Å². The molecule has 0 radical (unpaired) electrons. The van der Waals surface area contributed by atoms with Gasteiger partial charge in [0.05, 0.1) is 24.3 Å². The molecule has 3 rings (SSSR count). The first kappa shape index (κ1) is 16.3. The molecule has 1 unspecified atom stereocenters. The Morgan fingerprint density at radius 3 is 2.56 bits per heavy atom. The Kier molecular flexibility index (Phi) is 3.99. The fraction of sp³-hybridized carbons (Fsp3) is 0.176. The van der Waals surface area contributed by atoms with Crippen LogP contribution in [0.4, 0.5) is 5.69 Å². The number of imide groups is 1. The highest BCUT2D eigenvalue weighted by molar-refractivity contribution is 6.06. The van der Waals surface area contributed by atoms with Gasteiger partial charge in [-0.05, 0) is 17.7 Å². The van der Waals surface area contributed by atoms with Gasteiger partial charge in [-0.25, -0.2) is 4.79 Å². The van der Waals surface area contributed by atoms with Crippen molar-refractivity contribution in [3.63, 3.8) is 0 Å². The number of nitrogens with two attached hydrogens (primary N) is 1. The molecule has 1 aliphatic heterocycles. The zero-order valence-electron chi connectivity index (χ0n) is 13.3. The molecule has 2 heterocycles. The van der Waals surface area contributed by atoms with Gasteiger partial charge in [-0.1, -0.05) is 12.1 Å². The molecular weight excluding hydrogens is 324 g/mol. The van der Waals surface area contributed by atoms with Crippen LogP contribution in [0.15, 0.2) is 30.5 Å². The molecule has 1 aliphatic rings. The van der Waals surface area contributed by atoms with Crippen molar-refractivity contribution in [2.45, 2.75) is 12.3 Å². The molecule has 0 spiro atoms. The minimum atomic E-state index is -0.663. The largest absolute Gasteiger partial charge is 0.464 e. The van der Waals surface area contributed by atoms with Crippen molar-refractivity contribution < 1.29 is 19.1 Å². The smallest absolute Gasteiger partial charge is 0.357 e. The first-order valence-electron chi connectivity index (χ1n) is 7.39. The number of ether oxygens (including phenoxy) is 1. The van der Waals surface area contributed by atoms with E-state index in [2.05, 4.69) is 5.32 Å². The van der Waals surface area contributed by atoms with E-state index in [0.29, 0.717) is 11.3 Å². The highest BCUT2D eigenvalue weighted by Crippen LogP contribution is 2.28. The number of carbonyl (C=O) groups is 3. The molecule has 0 saturated carbocycles. The van der Waals surface area contributed by atoms with Crippen molar-refractivity contribution in [3.05, 3.63) is 47.3 Å². The van der Waals surface area contributed by atoms with Crippen LogP contribution in [0, 0.1) is 11.3 Å². The molecule has 1 aromatic carbocycles. The quantitative estimate of drug-likeness (QED) is 0.631. The second-order valence-corrected chi connectivity index (χ2v) is 5.54.